The average Bonchev–Trinajstić information content (AvgIpc) is 2.00. The highest BCUT2D eigenvalue weighted by molar-refractivity contribution is 4.82. The molecule has 0 aromatic rings. The molecule has 0 saturated carbocycles. The van der Waals surface area contributed by atoms with Crippen LogP contribution in [0.4, 0.5) is 0 Å². The molecule has 0 fully saturated rings. The van der Waals surface area contributed by atoms with Gasteiger partial charge in [0.2, 0.25) is 0 Å². The minimum atomic E-state index is -0.149. The van der Waals surface area contributed by atoms with Crippen LogP contribution in [0.3, 0.4) is 0 Å². The fourth-order valence-corrected chi connectivity index (χ4v) is 1.19. The first kappa shape index (κ1) is 10.9. The maximum atomic E-state index is 5.63. The Morgan fingerprint density at radius 3 is 2.09 bits per heavy atom. The van der Waals surface area contributed by atoms with Gasteiger partial charge in [0, 0.05) is 20.2 Å². The molecule has 1 unspecified atom stereocenters. The number of methoxy groups -OCH3 is 1. The normalized spacial score (nSPS) is 16.9. The Bertz CT molecular complexity index is 92.0. The zero-order valence-corrected chi connectivity index (χ0v) is 8.05. The van der Waals surface area contributed by atoms with Gasteiger partial charge in [-0.05, 0) is 20.5 Å². The molecule has 3 nitrogen and oxygen atoms in total. The third-order valence-corrected chi connectivity index (χ3v) is 2.05. The van der Waals surface area contributed by atoms with Crippen molar-refractivity contribution in [2.45, 2.75) is 18.9 Å². The first-order valence-electron chi connectivity index (χ1n) is 4.00. The van der Waals surface area contributed by atoms with E-state index in [2.05, 4.69) is 11.8 Å². The molecule has 0 aliphatic rings. The predicted molar refractivity (Wildman–Crippen MR) is 47.6 cm³/mol. The zero-order valence-electron chi connectivity index (χ0n) is 8.05. The molecule has 0 amide bonds. The fraction of sp³-hybridized carbons (Fsp3) is 1.00. The molecular formula is C8H20N2O. The summed E-state index contributed by atoms with van der Waals surface area (Å²) in [5.74, 6) is 0. The Kier molecular flexibility index (Phi) is 4.65. The van der Waals surface area contributed by atoms with E-state index in [0.717, 1.165) is 13.0 Å². The predicted octanol–water partition coefficient (Wildman–Crippen LogP) is 0.302. The molecule has 1 atom stereocenters. The second-order valence-corrected chi connectivity index (χ2v) is 3.18. The van der Waals surface area contributed by atoms with Crippen molar-refractivity contribution in [1.82, 2.24) is 4.90 Å². The van der Waals surface area contributed by atoms with Crippen LogP contribution in [-0.2, 0) is 4.74 Å². The van der Waals surface area contributed by atoms with E-state index in [1.807, 2.05) is 14.1 Å². The lowest BCUT2D eigenvalue weighted by atomic mass is 10.0. The molecular weight excluding hydrogens is 140 g/mol. The smallest absolute Gasteiger partial charge is 0.0923 e. The number of likely N-dealkylation sites (N-methyl/N-ethyl adjacent to an activating group) is 1. The maximum absolute atomic E-state index is 5.63. The Balaban J connectivity index is 4.05. The summed E-state index contributed by atoms with van der Waals surface area (Å²) in [6, 6.07) is 0. The molecule has 0 rings (SSSR count). The van der Waals surface area contributed by atoms with Crippen molar-refractivity contribution in [2.75, 3.05) is 34.3 Å². The van der Waals surface area contributed by atoms with Crippen molar-refractivity contribution in [3.8, 4) is 0 Å². The molecule has 0 saturated heterocycles. The largest absolute Gasteiger partial charge is 0.376 e. The van der Waals surface area contributed by atoms with E-state index in [9.17, 15) is 0 Å². The van der Waals surface area contributed by atoms with Crippen LogP contribution in [0.5, 0.6) is 0 Å². The molecule has 0 aromatic carbocycles. The van der Waals surface area contributed by atoms with Crippen molar-refractivity contribution in [2.24, 2.45) is 5.73 Å². The number of ether oxygens (including phenoxy) is 1. The molecule has 0 radical (unpaired) electrons. The van der Waals surface area contributed by atoms with Crippen LogP contribution in [0.15, 0.2) is 0 Å². The lowest BCUT2D eigenvalue weighted by molar-refractivity contribution is -0.0236. The minimum absolute atomic E-state index is 0.149. The lowest BCUT2D eigenvalue weighted by Gasteiger charge is -2.32. The summed E-state index contributed by atoms with van der Waals surface area (Å²) in [7, 11) is 5.78. The average molecular weight is 160 g/mol. The standard InChI is InChI=1S/C8H20N2O/c1-5-8(6-9,11-4)7-10(2)3/h5-7,9H2,1-4H3. The molecule has 0 heterocycles. The Hall–Kier alpha value is -0.120. The van der Waals surface area contributed by atoms with Crippen LogP contribution in [0.2, 0.25) is 0 Å². The topological polar surface area (TPSA) is 38.5 Å². The highest BCUT2D eigenvalue weighted by Crippen LogP contribution is 2.13. The van der Waals surface area contributed by atoms with E-state index in [-0.39, 0.29) is 5.60 Å². The van der Waals surface area contributed by atoms with Gasteiger partial charge in [-0.25, -0.2) is 0 Å². The Morgan fingerprint density at radius 2 is 2.00 bits per heavy atom. The fourth-order valence-electron chi connectivity index (χ4n) is 1.19. The third-order valence-electron chi connectivity index (χ3n) is 2.05. The van der Waals surface area contributed by atoms with Gasteiger partial charge in [0.05, 0.1) is 5.60 Å². The summed E-state index contributed by atoms with van der Waals surface area (Å²) in [5, 5.41) is 0. The quantitative estimate of drug-likeness (QED) is 0.628. The second-order valence-electron chi connectivity index (χ2n) is 3.18. The van der Waals surface area contributed by atoms with E-state index >= 15 is 0 Å². The summed E-state index contributed by atoms with van der Waals surface area (Å²) in [6.07, 6.45) is 0.957. The Labute approximate surface area is 69.5 Å². The van der Waals surface area contributed by atoms with Gasteiger partial charge in [0.15, 0.2) is 0 Å². The van der Waals surface area contributed by atoms with E-state index in [0.29, 0.717) is 6.54 Å². The van der Waals surface area contributed by atoms with Gasteiger partial charge in [-0.15, -0.1) is 0 Å². The lowest BCUT2D eigenvalue weighted by Crippen LogP contribution is -2.47. The molecule has 0 aliphatic heterocycles. The molecule has 3 heteroatoms. The van der Waals surface area contributed by atoms with E-state index in [1.165, 1.54) is 0 Å². The Morgan fingerprint density at radius 1 is 1.45 bits per heavy atom. The summed E-state index contributed by atoms with van der Waals surface area (Å²) in [6.45, 7) is 3.56. The molecule has 11 heavy (non-hydrogen) atoms. The van der Waals surface area contributed by atoms with E-state index in [4.69, 9.17) is 10.5 Å². The molecule has 0 bridgehead atoms. The summed E-state index contributed by atoms with van der Waals surface area (Å²) in [5.41, 5.74) is 5.48. The van der Waals surface area contributed by atoms with Gasteiger partial charge < -0.3 is 15.4 Å². The van der Waals surface area contributed by atoms with Gasteiger partial charge in [0.1, 0.15) is 0 Å². The van der Waals surface area contributed by atoms with Gasteiger partial charge in [-0.3, -0.25) is 0 Å². The molecule has 0 aromatic heterocycles. The summed E-state index contributed by atoms with van der Waals surface area (Å²) >= 11 is 0. The number of rotatable bonds is 5. The molecule has 68 valence electrons. The summed E-state index contributed by atoms with van der Waals surface area (Å²) < 4.78 is 5.38. The second kappa shape index (κ2) is 4.70. The van der Waals surface area contributed by atoms with Crippen LogP contribution in [0.1, 0.15) is 13.3 Å². The van der Waals surface area contributed by atoms with Crippen LogP contribution in [-0.4, -0.2) is 44.8 Å². The first-order valence-corrected chi connectivity index (χ1v) is 4.00. The van der Waals surface area contributed by atoms with Gasteiger partial charge >= 0.3 is 0 Å². The van der Waals surface area contributed by atoms with Crippen molar-refractivity contribution in [3.05, 3.63) is 0 Å². The van der Waals surface area contributed by atoms with Crippen molar-refractivity contribution in [1.29, 1.82) is 0 Å². The highest BCUT2D eigenvalue weighted by Gasteiger charge is 2.26. The van der Waals surface area contributed by atoms with E-state index in [1.54, 1.807) is 7.11 Å². The van der Waals surface area contributed by atoms with Crippen molar-refractivity contribution < 1.29 is 4.74 Å². The van der Waals surface area contributed by atoms with E-state index < -0.39 is 0 Å². The van der Waals surface area contributed by atoms with Crippen molar-refractivity contribution in [3.63, 3.8) is 0 Å². The molecule has 0 spiro atoms. The molecule has 0 aliphatic carbocycles. The van der Waals surface area contributed by atoms with Crippen molar-refractivity contribution >= 4 is 0 Å². The minimum Gasteiger partial charge on any atom is -0.376 e. The summed E-state index contributed by atoms with van der Waals surface area (Å²) in [4.78, 5) is 2.10. The van der Waals surface area contributed by atoms with Crippen LogP contribution in [0.25, 0.3) is 0 Å². The van der Waals surface area contributed by atoms with Gasteiger partial charge in [-0.1, -0.05) is 6.92 Å². The van der Waals surface area contributed by atoms with Crippen LogP contribution < -0.4 is 5.73 Å². The van der Waals surface area contributed by atoms with Crippen LogP contribution in [0, 0.1) is 0 Å². The number of nitrogens with zero attached hydrogens (tertiary/aromatic N) is 1. The first-order chi connectivity index (χ1) is 5.10. The SMILES string of the molecule is CCC(CN)(CN(C)C)OC. The maximum Gasteiger partial charge on any atom is 0.0923 e. The third kappa shape index (κ3) is 3.18. The van der Waals surface area contributed by atoms with Gasteiger partial charge in [0.25, 0.3) is 0 Å². The van der Waals surface area contributed by atoms with Crippen LogP contribution >= 0.6 is 0 Å². The monoisotopic (exact) mass is 160 g/mol. The number of hydrogen-bond acceptors (Lipinski definition) is 3. The number of nitrogens with two attached hydrogens (primary N) is 1. The highest BCUT2D eigenvalue weighted by atomic mass is 16.5. The zero-order chi connectivity index (χ0) is 8.91. The molecule has 2 N–H and O–H groups in total. The van der Waals surface area contributed by atoms with Gasteiger partial charge in [-0.2, -0.15) is 0 Å². The number of hydrogen-bond donors (Lipinski definition) is 1.